The van der Waals surface area contributed by atoms with Crippen LogP contribution in [0.3, 0.4) is 0 Å². The number of nitrogens with one attached hydrogen (secondary N) is 1. The van der Waals surface area contributed by atoms with Crippen molar-refractivity contribution in [1.29, 1.82) is 0 Å². The standard InChI is InChI=1S/C26H24F2N6O/c1-3-13-33-21-12-8-7-11-19(21)30-26(33)31-22(35)15-34-25-23(16(2)32-34)18(24(27)28)14-20(29-25)17-9-5-4-6-10-17/h4-12,14,24H,3,13,15H2,1-2H3,(H,30,31,35). The van der Waals surface area contributed by atoms with E-state index in [1.807, 2.05) is 59.2 Å². The molecule has 0 saturated heterocycles. The van der Waals surface area contributed by atoms with E-state index >= 15 is 0 Å². The summed E-state index contributed by atoms with van der Waals surface area (Å²) in [4.78, 5) is 22.2. The van der Waals surface area contributed by atoms with Gasteiger partial charge in [-0.3, -0.25) is 10.1 Å². The van der Waals surface area contributed by atoms with E-state index < -0.39 is 6.43 Å². The monoisotopic (exact) mass is 474 g/mol. The Morgan fingerprint density at radius 2 is 1.80 bits per heavy atom. The third-order valence-electron chi connectivity index (χ3n) is 5.86. The number of amides is 1. The average molecular weight is 475 g/mol. The highest BCUT2D eigenvalue weighted by atomic mass is 19.3. The van der Waals surface area contributed by atoms with Crippen molar-refractivity contribution in [3.05, 3.63) is 71.9 Å². The molecule has 9 heteroatoms. The highest BCUT2D eigenvalue weighted by Gasteiger charge is 2.22. The van der Waals surface area contributed by atoms with Gasteiger partial charge in [0.25, 0.3) is 6.43 Å². The summed E-state index contributed by atoms with van der Waals surface area (Å²) >= 11 is 0. The number of halogens is 2. The van der Waals surface area contributed by atoms with Gasteiger partial charge in [0, 0.05) is 17.7 Å². The quantitative estimate of drug-likeness (QED) is 0.326. The van der Waals surface area contributed by atoms with Crippen LogP contribution in [-0.4, -0.2) is 30.2 Å². The van der Waals surface area contributed by atoms with E-state index in [0.29, 0.717) is 29.4 Å². The molecule has 7 nitrogen and oxygen atoms in total. The molecule has 0 radical (unpaired) electrons. The molecule has 3 heterocycles. The van der Waals surface area contributed by atoms with Crippen LogP contribution in [0.2, 0.25) is 0 Å². The molecule has 5 rings (SSSR count). The fraction of sp³-hybridized carbons (Fsp3) is 0.231. The average Bonchev–Trinajstić information content (AvgIpc) is 3.36. The van der Waals surface area contributed by atoms with Crippen LogP contribution in [0.4, 0.5) is 14.7 Å². The van der Waals surface area contributed by atoms with Crippen molar-refractivity contribution in [3.8, 4) is 11.3 Å². The van der Waals surface area contributed by atoms with E-state index in [0.717, 1.165) is 17.5 Å². The summed E-state index contributed by atoms with van der Waals surface area (Å²) in [6.07, 6.45) is -1.84. The molecule has 0 spiro atoms. The molecule has 1 N–H and O–H groups in total. The number of imidazole rings is 1. The first-order chi connectivity index (χ1) is 17.0. The third-order valence-corrected chi connectivity index (χ3v) is 5.86. The summed E-state index contributed by atoms with van der Waals surface area (Å²) in [5.74, 6) is 0.0741. The lowest BCUT2D eigenvalue weighted by atomic mass is 10.1. The van der Waals surface area contributed by atoms with Gasteiger partial charge in [0.15, 0.2) is 5.65 Å². The van der Waals surface area contributed by atoms with Crippen LogP contribution in [0.25, 0.3) is 33.3 Å². The molecule has 0 aliphatic carbocycles. The molecule has 0 aliphatic heterocycles. The Kier molecular flexibility index (Phi) is 5.98. The smallest absolute Gasteiger partial charge is 0.264 e. The van der Waals surface area contributed by atoms with Crippen molar-refractivity contribution in [2.45, 2.75) is 39.8 Å². The van der Waals surface area contributed by atoms with E-state index in [-0.39, 0.29) is 29.0 Å². The molecule has 0 bridgehead atoms. The number of benzene rings is 2. The zero-order valence-electron chi connectivity index (χ0n) is 19.4. The molecular weight excluding hydrogens is 450 g/mol. The van der Waals surface area contributed by atoms with Crippen LogP contribution in [0.5, 0.6) is 0 Å². The van der Waals surface area contributed by atoms with Crippen molar-refractivity contribution in [2.75, 3.05) is 5.32 Å². The van der Waals surface area contributed by atoms with Gasteiger partial charge >= 0.3 is 0 Å². The van der Waals surface area contributed by atoms with Gasteiger partial charge in [0.05, 0.1) is 27.8 Å². The number of carbonyl (C=O) groups is 1. The van der Waals surface area contributed by atoms with Crippen LogP contribution < -0.4 is 5.32 Å². The number of pyridine rings is 1. The molecule has 0 aliphatic rings. The van der Waals surface area contributed by atoms with Gasteiger partial charge in [0.1, 0.15) is 6.54 Å². The van der Waals surface area contributed by atoms with E-state index in [1.165, 1.54) is 10.7 Å². The van der Waals surface area contributed by atoms with Gasteiger partial charge in [-0.2, -0.15) is 5.10 Å². The molecule has 2 aromatic carbocycles. The second-order valence-corrected chi connectivity index (χ2v) is 8.33. The number of fused-ring (bicyclic) bond motifs is 2. The number of anilines is 1. The Labute approximate surface area is 200 Å². The molecule has 0 atom stereocenters. The predicted octanol–water partition coefficient (Wildman–Crippen LogP) is 5.74. The Hall–Kier alpha value is -4.14. The summed E-state index contributed by atoms with van der Waals surface area (Å²) in [7, 11) is 0. The largest absolute Gasteiger partial charge is 0.310 e. The molecule has 178 valence electrons. The number of nitrogens with zero attached hydrogens (tertiary/aromatic N) is 5. The first kappa shape index (κ1) is 22.6. The Morgan fingerprint density at radius 1 is 1.06 bits per heavy atom. The third kappa shape index (κ3) is 4.25. The molecule has 0 fully saturated rings. The number of carbonyl (C=O) groups excluding carboxylic acids is 1. The Bertz CT molecular complexity index is 1520. The fourth-order valence-corrected chi connectivity index (χ4v) is 4.35. The van der Waals surface area contributed by atoms with E-state index in [1.54, 1.807) is 6.92 Å². The second kappa shape index (κ2) is 9.25. The zero-order valence-corrected chi connectivity index (χ0v) is 19.4. The van der Waals surface area contributed by atoms with Gasteiger partial charge in [-0.05, 0) is 31.5 Å². The molecule has 5 aromatic rings. The van der Waals surface area contributed by atoms with Gasteiger partial charge in [-0.25, -0.2) is 23.4 Å². The number of aryl methyl sites for hydroxylation is 2. The molecule has 35 heavy (non-hydrogen) atoms. The lowest BCUT2D eigenvalue weighted by Gasteiger charge is -2.10. The van der Waals surface area contributed by atoms with Crippen LogP contribution >= 0.6 is 0 Å². The molecule has 0 saturated carbocycles. The number of aromatic nitrogens is 5. The van der Waals surface area contributed by atoms with E-state index in [9.17, 15) is 13.6 Å². The Morgan fingerprint density at radius 3 is 2.54 bits per heavy atom. The number of rotatable bonds is 7. The van der Waals surface area contributed by atoms with Crippen molar-refractivity contribution < 1.29 is 13.6 Å². The SMILES string of the molecule is CCCn1c(NC(=O)Cn2nc(C)c3c(C(F)F)cc(-c4ccccc4)nc32)nc2ccccc21. The first-order valence-corrected chi connectivity index (χ1v) is 11.4. The van der Waals surface area contributed by atoms with Gasteiger partial charge < -0.3 is 4.57 Å². The number of hydrogen-bond donors (Lipinski definition) is 1. The van der Waals surface area contributed by atoms with Crippen molar-refractivity contribution in [2.24, 2.45) is 0 Å². The summed E-state index contributed by atoms with van der Waals surface area (Å²) in [5, 5.41) is 7.52. The summed E-state index contributed by atoms with van der Waals surface area (Å²) in [6.45, 7) is 4.20. The molecule has 3 aromatic heterocycles. The topological polar surface area (TPSA) is 77.6 Å². The minimum absolute atomic E-state index is 0.150. The molecular formula is C26H24F2N6O. The summed E-state index contributed by atoms with van der Waals surface area (Å²) in [6, 6.07) is 18.2. The maximum atomic E-state index is 14.0. The second-order valence-electron chi connectivity index (χ2n) is 8.33. The van der Waals surface area contributed by atoms with Gasteiger partial charge in [-0.15, -0.1) is 0 Å². The Balaban J connectivity index is 1.52. The lowest BCUT2D eigenvalue weighted by molar-refractivity contribution is -0.116. The predicted molar refractivity (Wildman–Crippen MR) is 131 cm³/mol. The maximum absolute atomic E-state index is 14.0. The van der Waals surface area contributed by atoms with Crippen LogP contribution in [-0.2, 0) is 17.9 Å². The van der Waals surface area contributed by atoms with Crippen molar-refractivity contribution >= 4 is 33.9 Å². The number of hydrogen-bond acceptors (Lipinski definition) is 4. The van der Waals surface area contributed by atoms with Crippen LogP contribution in [0.1, 0.15) is 31.0 Å². The normalized spacial score (nSPS) is 11.6. The molecule has 0 unspecified atom stereocenters. The van der Waals surface area contributed by atoms with Crippen LogP contribution in [0, 0.1) is 6.92 Å². The highest BCUT2D eigenvalue weighted by molar-refractivity contribution is 5.93. The van der Waals surface area contributed by atoms with Gasteiger partial charge in [0.2, 0.25) is 11.9 Å². The number of alkyl halides is 2. The molecule has 1 amide bonds. The van der Waals surface area contributed by atoms with Crippen molar-refractivity contribution in [3.63, 3.8) is 0 Å². The fourth-order valence-electron chi connectivity index (χ4n) is 4.35. The minimum atomic E-state index is -2.71. The summed E-state index contributed by atoms with van der Waals surface area (Å²) < 4.78 is 31.3. The van der Waals surface area contributed by atoms with Gasteiger partial charge in [-0.1, -0.05) is 49.4 Å². The lowest BCUT2D eigenvalue weighted by Crippen LogP contribution is -2.22. The maximum Gasteiger partial charge on any atom is 0.264 e. The highest BCUT2D eigenvalue weighted by Crippen LogP contribution is 2.33. The minimum Gasteiger partial charge on any atom is -0.310 e. The first-order valence-electron chi connectivity index (χ1n) is 11.4. The number of para-hydroxylation sites is 2. The summed E-state index contributed by atoms with van der Waals surface area (Å²) in [5.41, 5.74) is 3.32. The zero-order chi connectivity index (χ0) is 24.5. The van der Waals surface area contributed by atoms with E-state index in [2.05, 4.69) is 27.3 Å². The van der Waals surface area contributed by atoms with Crippen molar-refractivity contribution in [1.82, 2.24) is 24.3 Å². The van der Waals surface area contributed by atoms with Crippen LogP contribution in [0.15, 0.2) is 60.7 Å². The van der Waals surface area contributed by atoms with E-state index in [4.69, 9.17) is 0 Å².